The smallest absolute Gasteiger partial charge is 0.123 e. The molecule has 78 valence electrons. The normalized spacial score (nSPS) is 10.9. The second-order valence-corrected chi connectivity index (χ2v) is 4.98. The van der Waals surface area contributed by atoms with E-state index >= 15 is 0 Å². The minimum atomic E-state index is -0.152. The summed E-state index contributed by atoms with van der Waals surface area (Å²) < 4.78 is 12.7. The molecule has 1 aromatic carbocycles. The van der Waals surface area contributed by atoms with E-state index in [4.69, 9.17) is 0 Å². The van der Waals surface area contributed by atoms with Crippen molar-refractivity contribution in [3.05, 3.63) is 35.6 Å². The number of halogens is 1. The number of hydrogen-bond donors (Lipinski definition) is 0. The number of thioether (sulfide) groups is 2. The van der Waals surface area contributed by atoms with E-state index < -0.39 is 0 Å². The lowest BCUT2D eigenvalue weighted by molar-refractivity contribution is 0.626. The van der Waals surface area contributed by atoms with Crippen LogP contribution in [0.4, 0.5) is 4.39 Å². The summed E-state index contributed by atoms with van der Waals surface area (Å²) in [4.78, 5) is 0. The first-order valence-electron chi connectivity index (χ1n) is 4.51. The number of rotatable bonds is 5. The molecule has 0 unspecified atom stereocenters. The van der Waals surface area contributed by atoms with Crippen LogP contribution in [-0.4, -0.2) is 24.0 Å². The highest BCUT2D eigenvalue weighted by Crippen LogP contribution is 2.23. The molecule has 0 aliphatic rings. The van der Waals surface area contributed by atoms with Gasteiger partial charge in [-0.05, 0) is 30.2 Å². The minimum absolute atomic E-state index is 0.152. The molecule has 0 radical (unpaired) electrons. The summed E-state index contributed by atoms with van der Waals surface area (Å²) in [6.07, 6.45) is 4.22. The Labute approximate surface area is 93.7 Å². The summed E-state index contributed by atoms with van der Waals surface area (Å²) >= 11 is 3.68. The summed E-state index contributed by atoms with van der Waals surface area (Å²) in [6, 6.07) is 6.88. The maximum Gasteiger partial charge on any atom is 0.123 e. The molecule has 0 saturated heterocycles. The Morgan fingerprint density at radius 3 is 2.00 bits per heavy atom. The summed E-state index contributed by atoms with van der Waals surface area (Å²) in [6.45, 7) is 0. The van der Waals surface area contributed by atoms with Gasteiger partial charge in [-0.2, -0.15) is 23.5 Å². The zero-order valence-corrected chi connectivity index (χ0v) is 10.1. The number of hydrogen-bond acceptors (Lipinski definition) is 2. The first-order chi connectivity index (χ1) is 6.77. The van der Waals surface area contributed by atoms with Gasteiger partial charge in [0.05, 0.1) is 0 Å². The Morgan fingerprint density at radius 1 is 1.07 bits per heavy atom. The Kier molecular flexibility index (Phi) is 5.41. The first kappa shape index (κ1) is 11.9. The van der Waals surface area contributed by atoms with Crippen molar-refractivity contribution < 1.29 is 4.39 Å². The van der Waals surface area contributed by atoms with Crippen LogP contribution in [0.15, 0.2) is 24.3 Å². The van der Waals surface area contributed by atoms with E-state index in [1.807, 2.05) is 35.7 Å². The van der Waals surface area contributed by atoms with E-state index in [-0.39, 0.29) is 5.82 Å². The highest BCUT2D eigenvalue weighted by atomic mass is 32.2. The van der Waals surface area contributed by atoms with Gasteiger partial charge in [0, 0.05) is 17.4 Å². The lowest BCUT2D eigenvalue weighted by Crippen LogP contribution is -2.04. The quantitative estimate of drug-likeness (QED) is 0.757. The van der Waals surface area contributed by atoms with Gasteiger partial charge < -0.3 is 0 Å². The Hall–Kier alpha value is -0.150. The number of benzene rings is 1. The molecule has 0 aromatic heterocycles. The maximum absolute atomic E-state index is 12.7. The molecule has 0 heterocycles. The van der Waals surface area contributed by atoms with Crippen LogP contribution < -0.4 is 0 Å². The molecular weight excluding hydrogens is 215 g/mol. The topological polar surface area (TPSA) is 0 Å². The van der Waals surface area contributed by atoms with Gasteiger partial charge in [0.2, 0.25) is 0 Å². The summed E-state index contributed by atoms with van der Waals surface area (Å²) in [5, 5.41) is 0. The Bertz CT molecular complexity index is 252. The van der Waals surface area contributed by atoms with Gasteiger partial charge >= 0.3 is 0 Å². The minimum Gasteiger partial charge on any atom is -0.207 e. The molecule has 0 spiro atoms. The molecule has 0 fully saturated rings. The molecule has 3 heteroatoms. The summed E-state index contributed by atoms with van der Waals surface area (Å²) in [7, 11) is 0. The fourth-order valence-electron chi connectivity index (χ4n) is 1.38. The zero-order chi connectivity index (χ0) is 10.4. The lowest BCUT2D eigenvalue weighted by Gasteiger charge is -2.14. The van der Waals surface area contributed by atoms with Crippen LogP contribution in [0.3, 0.4) is 0 Å². The van der Waals surface area contributed by atoms with Crippen LogP contribution in [0.2, 0.25) is 0 Å². The van der Waals surface area contributed by atoms with Crippen molar-refractivity contribution in [1.82, 2.24) is 0 Å². The van der Waals surface area contributed by atoms with Gasteiger partial charge in [-0.25, -0.2) is 4.39 Å². The van der Waals surface area contributed by atoms with E-state index in [1.165, 1.54) is 5.56 Å². The predicted molar refractivity (Wildman–Crippen MR) is 65.9 cm³/mol. The molecule has 1 rings (SSSR count). The second-order valence-electron chi connectivity index (χ2n) is 3.16. The third kappa shape index (κ3) is 3.54. The largest absolute Gasteiger partial charge is 0.207 e. The highest BCUT2D eigenvalue weighted by Gasteiger charge is 2.09. The Balaban J connectivity index is 2.71. The molecule has 0 nitrogen and oxygen atoms in total. The van der Waals surface area contributed by atoms with Crippen molar-refractivity contribution in [2.75, 3.05) is 24.0 Å². The van der Waals surface area contributed by atoms with E-state index in [2.05, 4.69) is 12.5 Å². The average Bonchev–Trinajstić information content (AvgIpc) is 2.19. The standard InChI is InChI=1S/C11H15FS2/c1-13-7-10(8-14-2)9-3-5-11(12)6-4-9/h3-6,10H,7-8H2,1-2H3. The van der Waals surface area contributed by atoms with E-state index in [0.717, 1.165) is 11.5 Å². The molecule has 0 aliphatic carbocycles. The molecule has 0 saturated carbocycles. The molecule has 0 amide bonds. The predicted octanol–water partition coefficient (Wildman–Crippen LogP) is 3.64. The van der Waals surface area contributed by atoms with Crippen LogP contribution in [0.1, 0.15) is 11.5 Å². The third-order valence-corrected chi connectivity index (χ3v) is 3.55. The monoisotopic (exact) mass is 230 g/mol. The van der Waals surface area contributed by atoms with Crippen LogP contribution in [0.25, 0.3) is 0 Å². The van der Waals surface area contributed by atoms with Gasteiger partial charge in [-0.3, -0.25) is 0 Å². The van der Waals surface area contributed by atoms with E-state index in [0.29, 0.717) is 5.92 Å². The van der Waals surface area contributed by atoms with Gasteiger partial charge in [0.15, 0.2) is 0 Å². The van der Waals surface area contributed by atoms with E-state index in [9.17, 15) is 4.39 Å². The SMILES string of the molecule is CSCC(CSC)c1ccc(F)cc1. The molecular formula is C11H15FS2. The molecule has 0 bridgehead atoms. The third-order valence-electron chi connectivity index (χ3n) is 2.08. The maximum atomic E-state index is 12.7. The van der Waals surface area contributed by atoms with E-state index in [1.54, 1.807) is 12.1 Å². The molecule has 0 N–H and O–H groups in total. The van der Waals surface area contributed by atoms with Crippen LogP contribution >= 0.6 is 23.5 Å². The van der Waals surface area contributed by atoms with Crippen molar-refractivity contribution in [3.63, 3.8) is 0 Å². The second kappa shape index (κ2) is 6.36. The molecule has 14 heavy (non-hydrogen) atoms. The van der Waals surface area contributed by atoms with Gasteiger partial charge in [-0.15, -0.1) is 0 Å². The molecule has 0 atom stereocenters. The van der Waals surface area contributed by atoms with Crippen molar-refractivity contribution in [1.29, 1.82) is 0 Å². The van der Waals surface area contributed by atoms with Crippen LogP contribution in [0.5, 0.6) is 0 Å². The van der Waals surface area contributed by atoms with Gasteiger partial charge in [0.25, 0.3) is 0 Å². The average molecular weight is 230 g/mol. The fourth-order valence-corrected chi connectivity index (χ4v) is 2.95. The first-order valence-corrected chi connectivity index (χ1v) is 7.30. The molecule has 0 aliphatic heterocycles. The van der Waals surface area contributed by atoms with Crippen molar-refractivity contribution in [3.8, 4) is 0 Å². The fraction of sp³-hybridized carbons (Fsp3) is 0.455. The Morgan fingerprint density at radius 2 is 1.57 bits per heavy atom. The zero-order valence-electron chi connectivity index (χ0n) is 8.50. The van der Waals surface area contributed by atoms with Crippen LogP contribution in [0, 0.1) is 5.82 Å². The summed E-state index contributed by atoms with van der Waals surface area (Å²) in [5.41, 5.74) is 1.25. The van der Waals surface area contributed by atoms with Crippen molar-refractivity contribution in [2.24, 2.45) is 0 Å². The van der Waals surface area contributed by atoms with Crippen molar-refractivity contribution >= 4 is 23.5 Å². The summed E-state index contributed by atoms with van der Waals surface area (Å²) in [5.74, 6) is 2.60. The van der Waals surface area contributed by atoms with Gasteiger partial charge in [0.1, 0.15) is 5.82 Å². The highest BCUT2D eigenvalue weighted by molar-refractivity contribution is 7.99. The van der Waals surface area contributed by atoms with Crippen LogP contribution in [-0.2, 0) is 0 Å². The van der Waals surface area contributed by atoms with Gasteiger partial charge in [-0.1, -0.05) is 12.1 Å². The van der Waals surface area contributed by atoms with Crippen molar-refractivity contribution in [2.45, 2.75) is 5.92 Å². The molecule has 1 aromatic rings. The lowest BCUT2D eigenvalue weighted by atomic mass is 10.0.